The molecule has 0 unspecified atom stereocenters. The fourth-order valence-corrected chi connectivity index (χ4v) is 6.49. The van der Waals surface area contributed by atoms with Crippen LogP contribution in [0.4, 0.5) is 23.9 Å². The maximum absolute atomic E-state index is 14.5. The van der Waals surface area contributed by atoms with Crippen LogP contribution in [0.2, 0.25) is 25.7 Å². The van der Waals surface area contributed by atoms with Crippen molar-refractivity contribution in [2.45, 2.75) is 123 Å². The van der Waals surface area contributed by atoms with Gasteiger partial charge in [-0.1, -0.05) is 31.8 Å². The molecule has 1 amide bonds. The quantitative estimate of drug-likeness (QED) is 0.186. The second-order valence-electron chi connectivity index (χ2n) is 16.4. The van der Waals surface area contributed by atoms with E-state index >= 15 is 0 Å². The molecule has 0 spiro atoms. The predicted octanol–water partition coefficient (Wildman–Crippen LogP) is 6.94. The first-order valence-electron chi connectivity index (χ1n) is 17.2. The van der Waals surface area contributed by atoms with E-state index in [-0.39, 0.29) is 30.1 Å². The molecule has 2 aliphatic rings. The molecule has 2 aromatic heterocycles. The Morgan fingerprint density at radius 3 is 2.40 bits per heavy atom. The lowest BCUT2D eigenvalue weighted by Crippen LogP contribution is -2.47. The number of anilines is 1. The minimum absolute atomic E-state index is 0.00645. The van der Waals surface area contributed by atoms with Crippen LogP contribution in [0.3, 0.4) is 0 Å². The molecular weight excluding hydrogens is 668 g/mol. The number of aromatic nitrogens is 4. The van der Waals surface area contributed by atoms with Crippen LogP contribution in [0.5, 0.6) is 0 Å². The molecule has 0 radical (unpaired) electrons. The molecule has 11 nitrogen and oxygen atoms in total. The van der Waals surface area contributed by atoms with Gasteiger partial charge in [-0.25, -0.2) is 19.4 Å². The van der Waals surface area contributed by atoms with Crippen molar-refractivity contribution in [1.29, 1.82) is 0 Å². The molecule has 1 atom stereocenters. The summed E-state index contributed by atoms with van der Waals surface area (Å²) < 4.78 is 69.3. The van der Waals surface area contributed by atoms with Crippen LogP contribution < -0.4 is 10.8 Å². The summed E-state index contributed by atoms with van der Waals surface area (Å²) in [5.41, 5.74) is -1.86. The van der Waals surface area contributed by atoms with Gasteiger partial charge in [0.15, 0.2) is 0 Å². The summed E-state index contributed by atoms with van der Waals surface area (Å²) in [6, 6.07) is 5.97. The fourth-order valence-electron chi connectivity index (χ4n) is 5.73. The molecule has 50 heavy (non-hydrogen) atoms. The van der Waals surface area contributed by atoms with Gasteiger partial charge >= 0.3 is 19.4 Å². The number of rotatable bonds is 9. The number of likely N-dealkylation sites (tertiary alicyclic amines) is 1. The van der Waals surface area contributed by atoms with Crippen molar-refractivity contribution in [2.24, 2.45) is 0 Å². The standard InChI is InChI=1S/C34H50BF3N6O5Si/c1-31(2,3)47-30(45)43-15-11-12-23(20-43)40-29-39-19-25(34(36,37)38)28(41-29)27-24-14-13-22(35-48-32(4,5)33(6,7)49-35)18-26(24)44(42-27)21-46-16-17-50(8,9)10/h13-14,18-19,23H,11-12,15-17,20-21H2,1-10H3,(H,39,40,41)/t23-/m0/s1. The molecule has 2 fully saturated rings. The van der Waals surface area contributed by atoms with Gasteiger partial charge in [0.2, 0.25) is 5.95 Å². The zero-order valence-corrected chi connectivity index (χ0v) is 31.8. The van der Waals surface area contributed by atoms with E-state index in [0.29, 0.717) is 48.9 Å². The van der Waals surface area contributed by atoms with Crippen molar-refractivity contribution in [2.75, 3.05) is 25.0 Å². The average Bonchev–Trinajstić information content (AvgIpc) is 3.45. The van der Waals surface area contributed by atoms with E-state index in [0.717, 1.165) is 12.2 Å². The smallest absolute Gasteiger partial charge is 0.444 e. The molecule has 0 bridgehead atoms. The number of halogens is 3. The first-order valence-corrected chi connectivity index (χ1v) is 20.9. The molecule has 2 aliphatic heterocycles. The molecule has 0 aliphatic carbocycles. The van der Waals surface area contributed by atoms with Gasteiger partial charge in [-0.15, -0.1) is 0 Å². The van der Waals surface area contributed by atoms with Gasteiger partial charge < -0.3 is 29.0 Å². The Labute approximate surface area is 293 Å². The van der Waals surface area contributed by atoms with Crippen LogP contribution in [-0.2, 0) is 31.7 Å². The predicted molar refractivity (Wildman–Crippen MR) is 190 cm³/mol. The summed E-state index contributed by atoms with van der Waals surface area (Å²) in [5, 5.41) is 8.31. The molecule has 5 rings (SSSR count). The third-order valence-electron chi connectivity index (χ3n) is 9.24. The van der Waals surface area contributed by atoms with E-state index < -0.39 is 49.8 Å². The third kappa shape index (κ3) is 8.80. The summed E-state index contributed by atoms with van der Waals surface area (Å²) in [5.74, 6) is 0.00645. The number of nitrogens with one attached hydrogen (secondary N) is 1. The number of carbonyl (C=O) groups excluding carboxylic acids is 1. The number of hydrogen-bond donors (Lipinski definition) is 1. The number of amides is 1. The van der Waals surface area contributed by atoms with Crippen molar-refractivity contribution in [3.8, 4) is 11.4 Å². The Morgan fingerprint density at radius 2 is 1.78 bits per heavy atom. The second-order valence-corrected chi connectivity index (χ2v) is 22.0. The van der Waals surface area contributed by atoms with Gasteiger partial charge in [-0.05, 0) is 78.9 Å². The molecule has 1 aromatic carbocycles. The monoisotopic (exact) mass is 718 g/mol. The molecule has 1 N–H and O–H groups in total. The Hall–Kier alpha value is -3.21. The number of carbonyl (C=O) groups is 1. The van der Waals surface area contributed by atoms with Crippen LogP contribution in [0.15, 0.2) is 24.4 Å². The molecule has 0 saturated carbocycles. The average molecular weight is 719 g/mol. The van der Waals surface area contributed by atoms with Crippen LogP contribution in [0.1, 0.15) is 66.9 Å². The summed E-state index contributed by atoms with van der Waals surface area (Å²) in [6.45, 7) is 21.3. The zero-order chi connectivity index (χ0) is 36.9. The van der Waals surface area contributed by atoms with Crippen molar-refractivity contribution in [3.63, 3.8) is 0 Å². The van der Waals surface area contributed by atoms with E-state index in [1.807, 2.05) is 33.8 Å². The minimum Gasteiger partial charge on any atom is -0.444 e. The Bertz CT molecular complexity index is 1690. The first kappa shape index (κ1) is 38.0. The van der Waals surface area contributed by atoms with E-state index in [2.05, 4.69) is 40.0 Å². The van der Waals surface area contributed by atoms with Crippen LogP contribution in [0.25, 0.3) is 22.3 Å². The number of benzene rings is 1. The summed E-state index contributed by atoms with van der Waals surface area (Å²) in [7, 11) is -2.07. The highest BCUT2D eigenvalue weighted by atomic mass is 28.3. The van der Waals surface area contributed by atoms with E-state index in [1.54, 1.807) is 42.5 Å². The SMILES string of the molecule is CC(C)(C)OC(=O)N1CCC[C@H](Nc2ncc(C(F)(F)F)c(-c3nn(COCC[Si](C)(C)C)c4cc(B5OC(C)(C)C(C)(C)O5)ccc34)n2)C1. The zero-order valence-electron chi connectivity index (χ0n) is 30.8. The van der Waals surface area contributed by atoms with Crippen molar-refractivity contribution >= 4 is 43.6 Å². The number of hydrogen-bond acceptors (Lipinski definition) is 9. The van der Waals surface area contributed by atoms with E-state index in [4.69, 9.17) is 18.8 Å². The van der Waals surface area contributed by atoms with Crippen LogP contribution in [-0.4, -0.2) is 88.5 Å². The fraction of sp³-hybridized carbons (Fsp3) is 0.647. The largest absolute Gasteiger partial charge is 0.494 e. The maximum Gasteiger partial charge on any atom is 0.494 e. The third-order valence-corrected chi connectivity index (χ3v) is 10.9. The van der Waals surface area contributed by atoms with Gasteiger partial charge in [0.1, 0.15) is 29.3 Å². The summed E-state index contributed by atoms with van der Waals surface area (Å²) in [4.78, 5) is 22.8. The maximum atomic E-state index is 14.5. The highest BCUT2D eigenvalue weighted by Gasteiger charge is 2.52. The lowest BCUT2D eigenvalue weighted by Gasteiger charge is -2.34. The summed E-state index contributed by atoms with van der Waals surface area (Å²) in [6.07, 6.45) is -3.05. The van der Waals surface area contributed by atoms with Gasteiger partial charge in [0.25, 0.3) is 0 Å². The van der Waals surface area contributed by atoms with Gasteiger partial charge in [0.05, 0.1) is 16.7 Å². The number of nitrogens with zero attached hydrogens (tertiary/aromatic N) is 5. The molecule has 3 aromatic rings. The lowest BCUT2D eigenvalue weighted by atomic mass is 9.78. The first-order chi connectivity index (χ1) is 23.0. The number of fused-ring (bicyclic) bond motifs is 1. The van der Waals surface area contributed by atoms with Crippen molar-refractivity contribution in [3.05, 3.63) is 30.0 Å². The highest BCUT2D eigenvalue weighted by molar-refractivity contribution is 6.76. The van der Waals surface area contributed by atoms with Gasteiger partial charge in [0, 0.05) is 45.4 Å². The Morgan fingerprint density at radius 1 is 1.10 bits per heavy atom. The topological polar surface area (TPSA) is 113 Å². The molecule has 4 heterocycles. The van der Waals surface area contributed by atoms with Crippen LogP contribution >= 0.6 is 0 Å². The Kier molecular flexibility index (Phi) is 10.4. The lowest BCUT2D eigenvalue weighted by molar-refractivity contribution is -0.137. The number of ether oxygens (including phenoxy) is 2. The van der Waals surface area contributed by atoms with Crippen molar-refractivity contribution in [1.82, 2.24) is 24.6 Å². The highest BCUT2D eigenvalue weighted by Crippen LogP contribution is 2.40. The minimum atomic E-state index is -4.75. The van der Waals surface area contributed by atoms with Crippen LogP contribution in [0, 0.1) is 0 Å². The van der Waals surface area contributed by atoms with E-state index in [9.17, 15) is 18.0 Å². The van der Waals surface area contributed by atoms with Gasteiger partial charge in [-0.3, -0.25) is 0 Å². The van der Waals surface area contributed by atoms with Crippen molar-refractivity contribution < 1.29 is 36.7 Å². The molecule has 16 heteroatoms. The molecule has 274 valence electrons. The van der Waals surface area contributed by atoms with E-state index in [1.165, 1.54) is 0 Å². The number of piperidine rings is 1. The Balaban J connectivity index is 1.51. The summed E-state index contributed by atoms with van der Waals surface area (Å²) >= 11 is 0. The number of alkyl halides is 3. The molecule has 2 saturated heterocycles. The second kappa shape index (κ2) is 13.7. The normalized spacial score (nSPS) is 19.7. The molecular formula is C34H50BF3N6O5Si. The van der Waals surface area contributed by atoms with Gasteiger partial charge in [-0.2, -0.15) is 18.3 Å².